The molecule has 0 N–H and O–H groups in total. The first-order valence-electron chi connectivity index (χ1n) is 13.5. The first-order chi connectivity index (χ1) is 15.2. The highest BCUT2D eigenvalue weighted by molar-refractivity contribution is 7.80. The van der Waals surface area contributed by atoms with E-state index in [0.717, 1.165) is 19.3 Å². The molecule has 3 nitrogen and oxygen atoms in total. The summed E-state index contributed by atoms with van der Waals surface area (Å²) >= 11 is 5.16. The van der Waals surface area contributed by atoms with Gasteiger partial charge in [-0.15, -0.1) is 0 Å². The third kappa shape index (κ3) is 25.5. The number of unbranched alkanes of at least 4 members (excludes halogenated alkanes) is 18. The zero-order chi connectivity index (χ0) is 22.8. The van der Waals surface area contributed by atoms with E-state index in [1.165, 1.54) is 109 Å². The van der Waals surface area contributed by atoms with Crippen LogP contribution in [0.2, 0.25) is 0 Å². The molecule has 0 aliphatic heterocycles. The van der Waals surface area contributed by atoms with Gasteiger partial charge in [-0.25, -0.2) is 0 Å². The van der Waals surface area contributed by atoms with Gasteiger partial charge in [-0.1, -0.05) is 129 Å². The largest absolute Gasteiger partial charge is 0.486 e. The van der Waals surface area contributed by atoms with Gasteiger partial charge in [0, 0.05) is 0 Å². The van der Waals surface area contributed by atoms with E-state index in [-0.39, 0.29) is 12.4 Å². The molecule has 0 aromatic rings. The molecule has 0 aromatic heterocycles. The Bertz CT molecular complexity index is 362. The second-order valence-corrected chi connectivity index (χ2v) is 9.44. The maximum absolute atomic E-state index is 11.8. The SMILES string of the molecule is CCCCCCCCCCCCOC(=O)CC(=S)OCCCCCCCCCCCC. The summed E-state index contributed by atoms with van der Waals surface area (Å²) in [4.78, 5) is 11.8. The van der Waals surface area contributed by atoms with Crippen LogP contribution in [0.15, 0.2) is 0 Å². The van der Waals surface area contributed by atoms with Crippen molar-refractivity contribution in [3.63, 3.8) is 0 Å². The van der Waals surface area contributed by atoms with E-state index in [4.69, 9.17) is 21.7 Å². The van der Waals surface area contributed by atoms with E-state index >= 15 is 0 Å². The number of ether oxygens (including phenoxy) is 2. The van der Waals surface area contributed by atoms with Crippen LogP contribution in [0.4, 0.5) is 0 Å². The Morgan fingerprint density at radius 1 is 0.516 bits per heavy atom. The fraction of sp³-hybridized carbons (Fsp3) is 0.926. The maximum Gasteiger partial charge on any atom is 0.314 e. The molecular formula is C27H52O3S. The minimum Gasteiger partial charge on any atom is -0.486 e. The molecule has 0 radical (unpaired) electrons. The zero-order valence-electron chi connectivity index (χ0n) is 20.9. The predicted octanol–water partition coefficient (Wildman–Crippen LogP) is 9.11. The van der Waals surface area contributed by atoms with Gasteiger partial charge in [0.2, 0.25) is 0 Å². The van der Waals surface area contributed by atoms with Crippen molar-refractivity contribution < 1.29 is 14.3 Å². The van der Waals surface area contributed by atoms with Crippen LogP contribution >= 0.6 is 12.2 Å². The van der Waals surface area contributed by atoms with Gasteiger partial charge in [-0.2, -0.15) is 0 Å². The molecule has 0 aliphatic carbocycles. The molecule has 0 fully saturated rings. The molecule has 0 aromatic carbocycles. The van der Waals surface area contributed by atoms with Crippen molar-refractivity contribution in [2.75, 3.05) is 13.2 Å². The molecular weight excluding hydrogens is 404 g/mol. The fourth-order valence-corrected chi connectivity index (χ4v) is 3.97. The van der Waals surface area contributed by atoms with E-state index < -0.39 is 0 Å². The van der Waals surface area contributed by atoms with Crippen molar-refractivity contribution in [3.8, 4) is 0 Å². The van der Waals surface area contributed by atoms with Crippen molar-refractivity contribution in [3.05, 3.63) is 0 Å². The normalized spacial score (nSPS) is 10.9. The van der Waals surface area contributed by atoms with Crippen molar-refractivity contribution in [2.45, 2.75) is 149 Å². The van der Waals surface area contributed by atoms with Crippen LogP contribution in [0.25, 0.3) is 0 Å². The summed E-state index contributed by atoms with van der Waals surface area (Å²) in [5, 5.41) is 0.379. The minimum atomic E-state index is -0.246. The Kier molecular flexibility index (Phi) is 25.1. The van der Waals surface area contributed by atoms with E-state index in [1.54, 1.807) is 0 Å². The average Bonchev–Trinajstić information content (AvgIpc) is 2.75. The van der Waals surface area contributed by atoms with E-state index in [1.807, 2.05) is 0 Å². The number of hydrogen-bond acceptors (Lipinski definition) is 4. The molecule has 31 heavy (non-hydrogen) atoms. The minimum absolute atomic E-state index is 0.116. The van der Waals surface area contributed by atoms with Crippen LogP contribution in [0.5, 0.6) is 0 Å². The van der Waals surface area contributed by atoms with E-state index in [9.17, 15) is 4.79 Å². The van der Waals surface area contributed by atoms with Crippen LogP contribution in [0.3, 0.4) is 0 Å². The van der Waals surface area contributed by atoms with Crippen LogP contribution in [0, 0.1) is 0 Å². The fourth-order valence-electron chi connectivity index (χ4n) is 3.77. The Balaban J connectivity index is 3.31. The maximum atomic E-state index is 11.8. The van der Waals surface area contributed by atoms with Crippen LogP contribution < -0.4 is 0 Å². The van der Waals surface area contributed by atoms with Gasteiger partial charge in [0.05, 0.1) is 13.2 Å². The number of hydrogen-bond donors (Lipinski definition) is 0. The predicted molar refractivity (Wildman–Crippen MR) is 138 cm³/mol. The molecule has 0 amide bonds. The lowest BCUT2D eigenvalue weighted by Crippen LogP contribution is -2.13. The highest BCUT2D eigenvalue weighted by Crippen LogP contribution is 2.12. The summed E-state index contributed by atoms with van der Waals surface area (Å²) in [5.41, 5.74) is 0. The van der Waals surface area contributed by atoms with Crippen LogP contribution in [-0.2, 0) is 14.3 Å². The van der Waals surface area contributed by atoms with Crippen molar-refractivity contribution >= 4 is 23.2 Å². The summed E-state index contributed by atoms with van der Waals surface area (Å²) in [5.74, 6) is -0.246. The highest BCUT2D eigenvalue weighted by atomic mass is 32.1. The first-order valence-corrected chi connectivity index (χ1v) is 13.9. The second-order valence-electron chi connectivity index (χ2n) is 8.98. The molecule has 0 saturated heterocycles. The molecule has 4 heteroatoms. The summed E-state index contributed by atoms with van der Waals surface area (Å²) < 4.78 is 10.8. The van der Waals surface area contributed by atoms with E-state index in [0.29, 0.717) is 18.3 Å². The summed E-state index contributed by atoms with van der Waals surface area (Å²) in [6.45, 7) is 5.65. The topological polar surface area (TPSA) is 35.5 Å². The van der Waals surface area contributed by atoms with Gasteiger partial charge in [-0.05, 0) is 25.1 Å². The summed E-state index contributed by atoms with van der Waals surface area (Å²) in [6.07, 6.45) is 25.9. The number of thiocarbonyl (C=S) groups is 1. The zero-order valence-corrected chi connectivity index (χ0v) is 21.7. The number of rotatable bonds is 24. The van der Waals surface area contributed by atoms with Gasteiger partial charge >= 0.3 is 5.97 Å². The molecule has 0 atom stereocenters. The van der Waals surface area contributed by atoms with Crippen molar-refractivity contribution in [2.24, 2.45) is 0 Å². The molecule has 0 unspecified atom stereocenters. The van der Waals surface area contributed by atoms with Crippen LogP contribution in [0.1, 0.15) is 149 Å². The molecule has 184 valence electrons. The lowest BCUT2D eigenvalue weighted by molar-refractivity contribution is -0.142. The number of carbonyl (C=O) groups is 1. The average molecular weight is 457 g/mol. The Morgan fingerprint density at radius 3 is 1.23 bits per heavy atom. The first kappa shape index (κ1) is 30.4. The molecule has 0 aliphatic rings. The van der Waals surface area contributed by atoms with Gasteiger partial charge < -0.3 is 9.47 Å². The molecule has 0 heterocycles. The van der Waals surface area contributed by atoms with Gasteiger partial charge in [-0.3, -0.25) is 4.79 Å². The molecule has 0 spiro atoms. The summed E-state index contributed by atoms with van der Waals surface area (Å²) in [6, 6.07) is 0. The lowest BCUT2D eigenvalue weighted by Gasteiger charge is -2.08. The smallest absolute Gasteiger partial charge is 0.314 e. The molecule has 0 bridgehead atoms. The third-order valence-corrected chi connectivity index (χ3v) is 6.07. The standard InChI is InChI=1S/C27H52O3S/c1-3-5-7-9-11-13-15-17-19-21-23-29-26(28)25-27(31)30-24-22-20-18-16-14-12-10-8-6-4-2/h3-25H2,1-2H3. The van der Waals surface area contributed by atoms with Crippen molar-refractivity contribution in [1.82, 2.24) is 0 Å². The summed E-state index contributed by atoms with van der Waals surface area (Å²) in [7, 11) is 0. The monoisotopic (exact) mass is 456 g/mol. The number of carbonyl (C=O) groups excluding carboxylic acids is 1. The van der Waals surface area contributed by atoms with Crippen LogP contribution in [-0.4, -0.2) is 24.2 Å². The van der Waals surface area contributed by atoms with Crippen molar-refractivity contribution in [1.29, 1.82) is 0 Å². The van der Waals surface area contributed by atoms with Gasteiger partial charge in [0.25, 0.3) is 0 Å². The molecule has 0 rings (SSSR count). The number of esters is 1. The third-order valence-electron chi connectivity index (χ3n) is 5.81. The Labute approximate surface area is 199 Å². The Hall–Kier alpha value is -0.640. The lowest BCUT2D eigenvalue weighted by atomic mass is 10.1. The quantitative estimate of drug-likeness (QED) is 0.0824. The van der Waals surface area contributed by atoms with Gasteiger partial charge in [0.1, 0.15) is 6.42 Å². The molecule has 0 saturated carbocycles. The second kappa shape index (κ2) is 25.6. The van der Waals surface area contributed by atoms with E-state index in [2.05, 4.69) is 13.8 Å². The Morgan fingerprint density at radius 2 is 0.839 bits per heavy atom. The highest BCUT2D eigenvalue weighted by Gasteiger charge is 2.08. The van der Waals surface area contributed by atoms with Gasteiger partial charge in [0.15, 0.2) is 5.05 Å².